The van der Waals surface area contributed by atoms with Crippen LogP contribution in [-0.2, 0) is 0 Å². The van der Waals surface area contributed by atoms with Gasteiger partial charge in [-0.2, -0.15) is 0 Å². The molecule has 1 atom stereocenters. The van der Waals surface area contributed by atoms with Crippen LogP contribution in [0.4, 0.5) is 0 Å². The number of nitrogens with two attached hydrogens (primary N) is 1. The van der Waals surface area contributed by atoms with Gasteiger partial charge in [0.05, 0.1) is 0 Å². The fraction of sp³-hybridized carbons (Fsp3) is 0.667. The molecule has 19 heavy (non-hydrogen) atoms. The molecule has 4 nitrogen and oxygen atoms in total. The second-order valence-corrected chi connectivity index (χ2v) is 5.69. The molecule has 1 unspecified atom stereocenters. The lowest BCUT2D eigenvalue weighted by atomic mass is 9.93. The van der Waals surface area contributed by atoms with Gasteiger partial charge in [-0.05, 0) is 64.5 Å². The number of piperidine rings is 1. The lowest BCUT2D eigenvalue weighted by Crippen LogP contribution is -2.35. The molecule has 0 saturated carbocycles. The van der Waals surface area contributed by atoms with Crippen LogP contribution < -0.4 is 5.73 Å². The Morgan fingerprint density at radius 2 is 2.21 bits per heavy atom. The molecule has 0 spiro atoms. The zero-order chi connectivity index (χ0) is 13.7. The molecule has 0 radical (unpaired) electrons. The van der Waals surface area contributed by atoms with Gasteiger partial charge < -0.3 is 15.7 Å². The molecular formula is C15H25N3O. The van der Waals surface area contributed by atoms with E-state index in [-0.39, 0.29) is 0 Å². The van der Waals surface area contributed by atoms with Crippen LogP contribution in [0.1, 0.15) is 26.2 Å². The Labute approximate surface area is 115 Å². The predicted octanol–water partition coefficient (Wildman–Crippen LogP) is 1.32. The van der Waals surface area contributed by atoms with Crippen LogP contribution in [-0.4, -0.2) is 48.0 Å². The molecule has 2 heterocycles. The van der Waals surface area contributed by atoms with Crippen molar-refractivity contribution in [2.24, 2.45) is 16.6 Å². The van der Waals surface area contributed by atoms with Crippen molar-refractivity contribution in [2.45, 2.75) is 31.8 Å². The molecule has 0 aromatic heterocycles. The fourth-order valence-corrected chi connectivity index (χ4v) is 2.64. The molecular weight excluding hydrogens is 238 g/mol. The molecule has 0 aliphatic carbocycles. The van der Waals surface area contributed by atoms with E-state index in [2.05, 4.69) is 9.89 Å². The first-order chi connectivity index (χ1) is 9.11. The van der Waals surface area contributed by atoms with E-state index in [4.69, 9.17) is 5.73 Å². The highest BCUT2D eigenvalue weighted by Crippen LogP contribution is 2.27. The second kappa shape index (κ2) is 6.46. The third-order valence-electron chi connectivity index (χ3n) is 3.86. The summed E-state index contributed by atoms with van der Waals surface area (Å²) in [4.78, 5) is 6.95. The van der Waals surface area contributed by atoms with Crippen molar-refractivity contribution in [1.29, 1.82) is 0 Å². The van der Waals surface area contributed by atoms with Gasteiger partial charge >= 0.3 is 0 Å². The number of aliphatic hydroxyl groups is 1. The summed E-state index contributed by atoms with van der Waals surface area (Å²) in [6, 6.07) is 0. The molecule has 2 rings (SSSR count). The Morgan fingerprint density at radius 1 is 1.47 bits per heavy atom. The van der Waals surface area contributed by atoms with E-state index >= 15 is 0 Å². The summed E-state index contributed by atoms with van der Waals surface area (Å²) < 4.78 is 0. The van der Waals surface area contributed by atoms with Gasteiger partial charge in [0, 0.05) is 17.8 Å². The van der Waals surface area contributed by atoms with Crippen molar-refractivity contribution >= 4 is 6.21 Å². The van der Waals surface area contributed by atoms with Gasteiger partial charge in [0.1, 0.15) is 5.60 Å². The lowest BCUT2D eigenvalue weighted by Gasteiger charge is -2.32. The summed E-state index contributed by atoms with van der Waals surface area (Å²) in [5.74, 6) is 0.518. The highest BCUT2D eigenvalue weighted by Gasteiger charge is 2.23. The maximum Gasteiger partial charge on any atom is 0.115 e. The van der Waals surface area contributed by atoms with Crippen LogP contribution in [0.3, 0.4) is 0 Å². The van der Waals surface area contributed by atoms with Crippen molar-refractivity contribution in [3.8, 4) is 0 Å². The maximum atomic E-state index is 9.92. The first-order valence-electron chi connectivity index (χ1n) is 7.20. The van der Waals surface area contributed by atoms with Crippen molar-refractivity contribution in [3.63, 3.8) is 0 Å². The van der Waals surface area contributed by atoms with Gasteiger partial charge in [0.2, 0.25) is 0 Å². The average Bonchev–Trinajstić information content (AvgIpc) is 2.58. The number of nitrogens with zero attached hydrogens (tertiary/aromatic N) is 2. The summed E-state index contributed by atoms with van der Waals surface area (Å²) in [7, 11) is 0. The van der Waals surface area contributed by atoms with E-state index in [1.54, 1.807) is 19.2 Å². The lowest BCUT2D eigenvalue weighted by molar-refractivity contribution is 0.189. The molecule has 0 aromatic carbocycles. The Morgan fingerprint density at radius 3 is 2.89 bits per heavy atom. The van der Waals surface area contributed by atoms with Crippen LogP contribution >= 0.6 is 0 Å². The van der Waals surface area contributed by atoms with E-state index < -0.39 is 5.60 Å². The smallest absolute Gasteiger partial charge is 0.115 e. The Hall–Kier alpha value is -0.970. The molecule has 0 aromatic rings. The molecule has 4 heteroatoms. The topological polar surface area (TPSA) is 61.8 Å². The molecule has 1 saturated heterocycles. The average molecular weight is 263 g/mol. The normalized spacial score (nSPS) is 29.3. The molecule has 3 N–H and O–H groups in total. The fourth-order valence-electron chi connectivity index (χ4n) is 2.64. The van der Waals surface area contributed by atoms with E-state index in [0.717, 1.165) is 51.1 Å². The summed E-state index contributed by atoms with van der Waals surface area (Å²) in [5, 5.41) is 9.92. The monoisotopic (exact) mass is 263 g/mol. The number of hydrogen-bond acceptors (Lipinski definition) is 4. The first kappa shape index (κ1) is 14.4. The van der Waals surface area contributed by atoms with Crippen molar-refractivity contribution < 1.29 is 5.11 Å². The van der Waals surface area contributed by atoms with Gasteiger partial charge in [0.15, 0.2) is 0 Å². The van der Waals surface area contributed by atoms with E-state index in [9.17, 15) is 5.11 Å². The Balaban J connectivity index is 1.88. The SMILES string of the molecule is CC1(O)C=CC=C(C2CCN(CCCN)CC2)N=C1. The largest absolute Gasteiger partial charge is 0.380 e. The van der Waals surface area contributed by atoms with Gasteiger partial charge in [-0.15, -0.1) is 0 Å². The Bertz CT molecular complexity index is 377. The van der Waals surface area contributed by atoms with E-state index in [1.165, 1.54) is 0 Å². The molecule has 1 fully saturated rings. The van der Waals surface area contributed by atoms with Gasteiger partial charge in [-0.3, -0.25) is 4.99 Å². The van der Waals surface area contributed by atoms with Crippen molar-refractivity contribution in [2.75, 3.05) is 26.2 Å². The number of aliphatic imine (C=N–C) groups is 1. The summed E-state index contributed by atoms with van der Waals surface area (Å²) in [6.07, 6.45) is 10.7. The minimum absolute atomic E-state index is 0.518. The van der Waals surface area contributed by atoms with Gasteiger partial charge in [-0.25, -0.2) is 0 Å². The van der Waals surface area contributed by atoms with Crippen LogP contribution in [0, 0.1) is 5.92 Å². The minimum Gasteiger partial charge on any atom is -0.380 e. The molecule has 0 amide bonds. The third kappa shape index (κ3) is 4.27. The highest BCUT2D eigenvalue weighted by atomic mass is 16.3. The van der Waals surface area contributed by atoms with Crippen LogP contribution in [0.2, 0.25) is 0 Å². The molecule has 2 aliphatic heterocycles. The van der Waals surface area contributed by atoms with Crippen LogP contribution in [0.15, 0.2) is 28.9 Å². The standard InChI is InChI=1S/C15H25N3O/c1-15(19)7-2-4-14(17-12-15)13-5-10-18(11-6-13)9-3-8-16/h2,4,7,12-13,19H,3,5-6,8-11,16H2,1H3. The third-order valence-corrected chi connectivity index (χ3v) is 3.86. The maximum absolute atomic E-state index is 9.92. The molecule has 2 aliphatic rings. The molecule has 106 valence electrons. The number of allylic oxidation sites excluding steroid dienone is 3. The van der Waals surface area contributed by atoms with Gasteiger partial charge in [0.25, 0.3) is 0 Å². The van der Waals surface area contributed by atoms with E-state index in [0.29, 0.717) is 5.92 Å². The summed E-state index contributed by atoms with van der Waals surface area (Å²) in [5.41, 5.74) is 5.73. The zero-order valence-electron chi connectivity index (χ0n) is 11.8. The minimum atomic E-state index is -0.917. The van der Waals surface area contributed by atoms with Crippen molar-refractivity contribution in [1.82, 2.24) is 4.90 Å². The molecule has 0 bridgehead atoms. The van der Waals surface area contributed by atoms with E-state index in [1.807, 2.05) is 12.2 Å². The number of rotatable bonds is 4. The Kier molecular flexibility index (Phi) is 4.91. The quantitative estimate of drug-likeness (QED) is 0.804. The van der Waals surface area contributed by atoms with Gasteiger partial charge in [-0.1, -0.05) is 6.08 Å². The zero-order valence-corrected chi connectivity index (χ0v) is 11.8. The van der Waals surface area contributed by atoms with Crippen LogP contribution in [0.5, 0.6) is 0 Å². The summed E-state index contributed by atoms with van der Waals surface area (Å²) >= 11 is 0. The van der Waals surface area contributed by atoms with Crippen LogP contribution in [0.25, 0.3) is 0 Å². The predicted molar refractivity (Wildman–Crippen MR) is 79.2 cm³/mol. The summed E-state index contributed by atoms with van der Waals surface area (Å²) in [6.45, 7) is 5.88. The van der Waals surface area contributed by atoms with Crippen molar-refractivity contribution in [3.05, 3.63) is 23.9 Å². The second-order valence-electron chi connectivity index (χ2n) is 5.69. The highest BCUT2D eigenvalue weighted by molar-refractivity contribution is 5.72. The number of hydrogen-bond donors (Lipinski definition) is 2. The number of likely N-dealkylation sites (tertiary alicyclic amines) is 1. The first-order valence-corrected chi connectivity index (χ1v) is 7.20.